The van der Waals surface area contributed by atoms with E-state index in [0.29, 0.717) is 11.7 Å². The van der Waals surface area contributed by atoms with E-state index in [0.717, 1.165) is 36.6 Å². The van der Waals surface area contributed by atoms with E-state index in [1.54, 1.807) is 0 Å². The molecule has 0 atom stereocenters. The zero-order chi connectivity index (χ0) is 13.3. The molecule has 1 saturated carbocycles. The second-order valence-corrected chi connectivity index (χ2v) is 5.97. The van der Waals surface area contributed by atoms with E-state index in [-0.39, 0.29) is 17.9 Å². The Labute approximate surface area is 132 Å². The molecule has 1 heterocycles. The molecule has 2 N–H and O–H groups in total. The number of nitrogens with zero attached hydrogens (tertiary/aromatic N) is 2. The first-order valence-corrected chi connectivity index (χ1v) is 7.32. The Balaban J connectivity index is 0.00000147. The monoisotopic (exact) mass is 357 g/mol. The number of hydrogen-bond donors (Lipinski definition) is 1. The standard InChI is InChI=1S/C14H16BrN3O.ClH/c15-11-5-2-1-4-10(11)6-7-12-17-13(18-19-12)14(16)8-3-9-14;/h1-2,4-5H,3,6-9,16H2;1H. The smallest absolute Gasteiger partial charge is 0.227 e. The highest BCUT2D eigenvalue weighted by Crippen LogP contribution is 2.36. The van der Waals surface area contributed by atoms with E-state index in [4.69, 9.17) is 10.3 Å². The van der Waals surface area contributed by atoms with Gasteiger partial charge in [-0.15, -0.1) is 12.4 Å². The number of aromatic nitrogens is 2. The van der Waals surface area contributed by atoms with Crippen molar-refractivity contribution in [1.29, 1.82) is 0 Å². The zero-order valence-electron chi connectivity index (χ0n) is 11.0. The van der Waals surface area contributed by atoms with Crippen LogP contribution in [0.1, 0.15) is 36.5 Å². The lowest BCUT2D eigenvalue weighted by molar-refractivity contribution is 0.229. The fraction of sp³-hybridized carbons (Fsp3) is 0.429. The first-order chi connectivity index (χ1) is 9.17. The molecule has 0 saturated heterocycles. The van der Waals surface area contributed by atoms with Crippen LogP contribution in [0, 0.1) is 0 Å². The van der Waals surface area contributed by atoms with E-state index in [1.165, 1.54) is 5.56 Å². The molecule has 1 aromatic carbocycles. The second kappa shape index (κ2) is 6.24. The van der Waals surface area contributed by atoms with Crippen molar-refractivity contribution in [1.82, 2.24) is 10.1 Å². The van der Waals surface area contributed by atoms with Gasteiger partial charge in [0.05, 0.1) is 5.54 Å². The van der Waals surface area contributed by atoms with Crippen molar-refractivity contribution in [3.05, 3.63) is 46.0 Å². The number of nitrogens with two attached hydrogens (primary N) is 1. The molecule has 108 valence electrons. The maximum atomic E-state index is 6.18. The minimum absolute atomic E-state index is 0. The van der Waals surface area contributed by atoms with Crippen molar-refractivity contribution in [2.24, 2.45) is 5.73 Å². The van der Waals surface area contributed by atoms with Crippen molar-refractivity contribution < 1.29 is 4.52 Å². The fourth-order valence-corrected chi connectivity index (χ4v) is 2.77. The molecule has 2 aromatic rings. The molecule has 0 unspecified atom stereocenters. The molecule has 0 spiro atoms. The number of benzene rings is 1. The molecule has 1 fully saturated rings. The molecule has 0 amide bonds. The third-order valence-corrected chi connectivity index (χ3v) is 4.50. The summed E-state index contributed by atoms with van der Waals surface area (Å²) in [5.74, 6) is 1.34. The largest absolute Gasteiger partial charge is 0.339 e. The van der Waals surface area contributed by atoms with E-state index >= 15 is 0 Å². The van der Waals surface area contributed by atoms with Crippen LogP contribution >= 0.6 is 28.3 Å². The van der Waals surface area contributed by atoms with Crippen LogP contribution in [0.3, 0.4) is 0 Å². The lowest BCUT2D eigenvalue weighted by Gasteiger charge is -2.34. The number of aryl methyl sites for hydroxylation is 2. The molecule has 1 aliphatic carbocycles. The third kappa shape index (κ3) is 3.05. The van der Waals surface area contributed by atoms with Crippen LogP contribution in [0.2, 0.25) is 0 Å². The highest BCUT2D eigenvalue weighted by atomic mass is 79.9. The normalized spacial score (nSPS) is 16.3. The third-order valence-electron chi connectivity index (χ3n) is 3.73. The Bertz CT molecular complexity index is 583. The van der Waals surface area contributed by atoms with Gasteiger partial charge in [-0.05, 0) is 37.3 Å². The highest BCUT2D eigenvalue weighted by molar-refractivity contribution is 9.10. The average Bonchev–Trinajstić information content (AvgIpc) is 2.84. The van der Waals surface area contributed by atoms with Crippen molar-refractivity contribution in [2.75, 3.05) is 0 Å². The summed E-state index contributed by atoms with van der Waals surface area (Å²) >= 11 is 3.54. The Hall–Kier alpha value is -0.910. The molecule has 3 rings (SSSR count). The van der Waals surface area contributed by atoms with Gasteiger partial charge < -0.3 is 10.3 Å². The Morgan fingerprint density at radius 2 is 2.00 bits per heavy atom. The molecule has 0 bridgehead atoms. The van der Waals surface area contributed by atoms with Crippen molar-refractivity contribution >= 4 is 28.3 Å². The predicted octanol–water partition coefficient (Wildman–Crippen LogP) is 3.38. The van der Waals surface area contributed by atoms with Crippen molar-refractivity contribution in [3.8, 4) is 0 Å². The molecule has 20 heavy (non-hydrogen) atoms. The van der Waals surface area contributed by atoms with Crippen LogP contribution in [-0.4, -0.2) is 10.1 Å². The topological polar surface area (TPSA) is 64.9 Å². The van der Waals surface area contributed by atoms with E-state index in [9.17, 15) is 0 Å². The molecule has 1 aromatic heterocycles. The summed E-state index contributed by atoms with van der Waals surface area (Å²) < 4.78 is 6.41. The lowest BCUT2D eigenvalue weighted by Crippen LogP contribution is -2.44. The van der Waals surface area contributed by atoms with Gasteiger partial charge in [-0.1, -0.05) is 39.3 Å². The number of hydrogen-bond acceptors (Lipinski definition) is 4. The quantitative estimate of drug-likeness (QED) is 0.910. The maximum absolute atomic E-state index is 6.18. The van der Waals surface area contributed by atoms with Crippen LogP contribution in [0.5, 0.6) is 0 Å². The number of rotatable bonds is 4. The maximum Gasteiger partial charge on any atom is 0.227 e. The summed E-state index contributed by atoms with van der Waals surface area (Å²) in [5.41, 5.74) is 7.08. The van der Waals surface area contributed by atoms with Crippen LogP contribution < -0.4 is 5.73 Å². The number of halogens is 2. The highest BCUT2D eigenvalue weighted by Gasteiger charge is 2.38. The van der Waals surface area contributed by atoms with Gasteiger partial charge in [-0.25, -0.2) is 0 Å². The Kier molecular flexibility index (Phi) is 4.83. The van der Waals surface area contributed by atoms with Gasteiger partial charge in [0.15, 0.2) is 5.82 Å². The van der Waals surface area contributed by atoms with Gasteiger partial charge in [-0.2, -0.15) is 4.98 Å². The summed E-state index contributed by atoms with van der Waals surface area (Å²) in [7, 11) is 0. The minimum atomic E-state index is -0.338. The van der Waals surface area contributed by atoms with E-state index < -0.39 is 0 Å². The Morgan fingerprint density at radius 3 is 2.65 bits per heavy atom. The van der Waals surface area contributed by atoms with Crippen LogP contribution in [0.25, 0.3) is 0 Å². The van der Waals surface area contributed by atoms with Crippen LogP contribution in [0.4, 0.5) is 0 Å². The van der Waals surface area contributed by atoms with Crippen LogP contribution in [0.15, 0.2) is 33.3 Å². The molecule has 0 radical (unpaired) electrons. The summed E-state index contributed by atoms with van der Waals surface area (Å²) in [6.45, 7) is 0. The molecule has 0 aliphatic heterocycles. The zero-order valence-corrected chi connectivity index (χ0v) is 13.4. The molecular formula is C14H17BrClN3O. The van der Waals surface area contributed by atoms with Gasteiger partial charge in [0.2, 0.25) is 5.89 Å². The van der Waals surface area contributed by atoms with Gasteiger partial charge in [0.1, 0.15) is 0 Å². The Morgan fingerprint density at radius 1 is 1.25 bits per heavy atom. The molecule has 4 nitrogen and oxygen atoms in total. The van der Waals surface area contributed by atoms with E-state index in [2.05, 4.69) is 32.1 Å². The summed E-state index contributed by atoms with van der Waals surface area (Å²) in [5, 5.41) is 4.02. The first kappa shape index (κ1) is 15.5. The second-order valence-electron chi connectivity index (χ2n) is 5.11. The summed E-state index contributed by atoms with van der Waals surface area (Å²) in [6.07, 6.45) is 4.68. The minimum Gasteiger partial charge on any atom is -0.339 e. The molecular weight excluding hydrogens is 342 g/mol. The molecule has 1 aliphatic rings. The van der Waals surface area contributed by atoms with Gasteiger partial charge in [0, 0.05) is 10.9 Å². The van der Waals surface area contributed by atoms with Gasteiger partial charge >= 0.3 is 0 Å². The summed E-state index contributed by atoms with van der Waals surface area (Å²) in [4.78, 5) is 4.43. The average molecular weight is 359 g/mol. The van der Waals surface area contributed by atoms with Gasteiger partial charge in [0.25, 0.3) is 0 Å². The first-order valence-electron chi connectivity index (χ1n) is 6.53. The van der Waals surface area contributed by atoms with Crippen molar-refractivity contribution in [3.63, 3.8) is 0 Å². The van der Waals surface area contributed by atoms with Crippen LogP contribution in [-0.2, 0) is 18.4 Å². The van der Waals surface area contributed by atoms with Gasteiger partial charge in [-0.3, -0.25) is 0 Å². The fourth-order valence-electron chi connectivity index (χ4n) is 2.28. The predicted molar refractivity (Wildman–Crippen MR) is 82.8 cm³/mol. The van der Waals surface area contributed by atoms with E-state index in [1.807, 2.05) is 18.2 Å². The van der Waals surface area contributed by atoms with Crippen molar-refractivity contribution in [2.45, 2.75) is 37.6 Å². The lowest BCUT2D eigenvalue weighted by atomic mass is 9.77. The SMILES string of the molecule is Cl.NC1(c2noc(CCc3ccccc3Br)n2)CCC1. The summed E-state index contributed by atoms with van der Waals surface area (Å²) in [6, 6.07) is 8.17. The molecule has 6 heteroatoms.